The molecule has 2 rings (SSSR count). The van der Waals surface area contributed by atoms with E-state index in [9.17, 15) is 18.0 Å². The van der Waals surface area contributed by atoms with Crippen LogP contribution in [0, 0.1) is 0 Å². The van der Waals surface area contributed by atoms with Gasteiger partial charge in [0.15, 0.2) is 5.69 Å². The van der Waals surface area contributed by atoms with Crippen LogP contribution in [0.15, 0.2) is 12.1 Å². The molecule has 0 spiro atoms. The first-order valence-electron chi connectivity index (χ1n) is 6.04. The Hall–Kier alpha value is -1.77. The summed E-state index contributed by atoms with van der Waals surface area (Å²) in [5, 5.41) is -1.37. The molecular weight excluding hydrogens is 394 g/mol. The molecule has 128 valence electrons. The fourth-order valence-electron chi connectivity index (χ4n) is 1.75. The Bertz CT molecular complexity index is 828. The van der Waals surface area contributed by atoms with Crippen LogP contribution in [0.4, 0.5) is 18.9 Å². The molecule has 0 saturated carbocycles. The molecule has 0 aliphatic heterocycles. The van der Waals surface area contributed by atoms with E-state index in [1.54, 1.807) is 0 Å². The van der Waals surface area contributed by atoms with Crippen LogP contribution in [-0.4, -0.2) is 23.0 Å². The SMILES string of the molecule is COC(=O)c1nc(-c2nc(Cl)c(C(F)(F)F)cc2Cl)cc(N)c1Cl. The number of methoxy groups -OCH3 is 1. The van der Waals surface area contributed by atoms with Gasteiger partial charge in [0, 0.05) is 0 Å². The number of nitrogens with zero attached hydrogens (tertiary/aromatic N) is 2. The summed E-state index contributed by atoms with van der Waals surface area (Å²) in [6.07, 6.45) is -4.73. The second-order valence-corrected chi connectivity index (χ2v) is 5.55. The van der Waals surface area contributed by atoms with Crippen molar-refractivity contribution < 1.29 is 22.7 Å². The number of nitrogen functional groups attached to an aromatic ring is 1. The molecule has 5 nitrogen and oxygen atoms in total. The Morgan fingerprint density at radius 2 is 1.83 bits per heavy atom. The number of ether oxygens (including phenoxy) is 1. The number of carbonyl (C=O) groups is 1. The van der Waals surface area contributed by atoms with Crippen LogP contribution in [0.2, 0.25) is 15.2 Å². The van der Waals surface area contributed by atoms with Gasteiger partial charge in [-0.3, -0.25) is 0 Å². The van der Waals surface area contributed by atoms with Crippen molar-refractivity contribution in [1.29, 1.82) is 0 Å². The number of halogens is 6. The number of alkyl halides is 3. The van der Waals surface area contributed by atoms with Crippen molar-refractivity contribution in [3.8, 4) is 11.4 Å². The predicted octanol–water partition coefficient (Wildman–Crippen LogP) is 4.49. The van der Waals surface area contributed by atoms with Crippen LogP contribution in [0.25, 0.3) is 11.4 Å². The molecule has 24 heavy (non-hydrogen) atoms. The lowest BCUT2D eigenvalue weighted by atomic mass is 10.1. The van der Waals surface area contributed by atoms with E-state index in [1.165, 1.54) is 6.07 Å². The van der Waals surface area contributed by atoms with Gasteiger partial charge in [-0.05, 0) is 12.1 Å². The molecule has 0 amide bonds. The quantitative estimate of drug-likeness (QED) is 0.593. The molecule has 11 heteroatoms. The zero-order chi connectivity index (χ0) is 18.2. The lowest BCUT2D eigenvalue weighted by Crippen LogP contribution is -2.10. The molecule has 2 N–H and O–H groups in total. The third kappa shape index (κ3) is 3.50. The van der Waals surface area contributed by atoms with Crippen LogP contribution >= 0.6 is 34.8 Å². The summed E-state index contributed by atoms with van der Waals surface area (Å²) in [4.78, 5) is 19.2. The summed E-state index contributed by atoms with van der Waals surface area (Å²) >= 11 is 17.3. The number of anilines is 1. The van der Waals surface area contributed by atoms with Crippen LogP contribution in [0.1, 0.15) is 16.1 Å². The second-order valence-electron chi connectivity index (χ2n) is 4.41. The fraction of sp³-hybridized carbons (Fsp3) is 0.154. The topological polar surface area (TPSA) is 78.1 Å². The minimum absolute atomic E-state index is 0.0593. The highest BCUT2D eigenvalue weighted by Crippen LogP contribution is 2.39. The molecule has 2 aromatic rings. The summed E-state index contributed by atoms with van der Waals surface area (Å²) < 4.78 is 42.9. The standard InChI is InChI=1S/C13H7Cl3F3N3O2/c1-24-12(23)10-8(15)6(20)3-7(21-10)9-5(14)2-4(11(16)22-9)13(17,18)19/h2-3H,1H3,(H2,20,21). The first kappa shape index (κ1) is 18.6. The lowest BCUT2D eigenvalue weighted by molar-refractivity contribution is -0.137. The number of rotatable bonds is 2. The summed E-state index contributed by atoms with van der Waals surface area (Å²) in [5.41, 5.74) is 3.81. The van der Waals surface area contributed by atoms with E-state index in [2.05, 4.69) is 14.7 Å². The monoisotopic (exact) mass is 399 g/mol. The predicted molar refractivity (Wildman–Crippen MR) is 83.3 cm³/mol. The smallest absolute Gasteiger partial charge is 0.419 e. The summed E-state index contributed by atoms with van der Waals surface area (Å²) in [7, 11) is 1.10. The Morgan fingerprint density at radius 1 is 1.21 bits per heavy atom. The van der Waals surface area contributed by atoms with Crippen molar-refractivity contribution in [2.45, 2.75) is 6.18 Å². The van der Waals surface area contributed by atoms with Gasteiger partial charge >= 0.3 is 12.1 Å². The molecule has 0 unspecified atom stereocenters. The van der Waals surface area contributed by atoms with Crippen LogP contribution < -0.4 is 5.73 Å². The van der Waals surface area contributed by atoms with Crippen molar-refractivity contribution in [3.63, 3.8) is 0 Å². The van der Waals surface area contributed by atoms with Gasteiger partial charge in [-0.2, -0.15) is 13.2 Å². The number of hydrogen-bond donors (Lipinski definition) is 1. The van der Waals surface area contributed by atoms with Gasteiger partial charge in [-0.25, -0.2) is 14.8 Å². The third-order valence-electron chi connectivity index (χ3n) is 2.84. The zero-order valence-corrected chi connectivity index (χ0v) is 14.0. The van der Waals surface area contributed by atoms with E-state index < -0.39 is 22.9 Å². The van der Waals surface area contributed by atoms with Gasteiger partial charge in [-0.1, -0.05) is 34.8 Å². The zero-order valence-electron chi connectivity index (χ0n) is 11.7. The maximum atomic E-state index is 12.8. The Balaban J connectivity index is 2.67. The van der Waals surface area contributed by atoms with E-state index in [0.29, 0.717) is 6.07 Å². The highest BCUT2D eigenvalue weighted by atomic mass is 35.5. The Labute approximate surface area is 148 Å². The summed E-state index contributed by atoms with van der Waals surface area (Å²) in [6.45, 7) is 0. The van der Waals surface area contributed by atoms with Gasteiger partial charge in [0.1, 0.15) is 10.8 Å². The first-order chi connectivity index (χ1) is 11.1. The van der Waals surface area contributed by atoms with Crippen LogP contribution in [0.3, 0.4) is 0 Å². The van der Waals surface area contributed by atoms with Crippen molar-refractivity contribution in [2.24, 2.45) is 0 Å². The molecule has 0 fully saturated rings. The number of aromatic nitrogens is 2. The normalized spacial score (nSPS) is 11.5. The largest absolute Gasteiger partial charge is 0.464 e. The second kappa shape index (κ2) is 6.62. The summed E-state index contributed by atoms with van der Waals surface area (Å²) in [5.74, 6) is -0.886. The van der Waals surface area contributed by atoms with Crippen LogP contribution in [0.5, 0.6) is 0 Å². The van der Waals surface area contributed by atoms with Gasteiger partial charge in [-0.15, -0.1) is 0 Å². The molecule has 0 bridgehead atoms. The van der Waals surface area contributed by atoms with Gasteiger partial charge in [0.25, 0.3) is 0 Å². The number of carbonyl (C=O) groups excluding carboxylic acids is 1. The molecule has 0 atom stereocenters. The van der Waals surface area contributed by atoms with E-state index in [1.807, 2.05) is 0 Å². The van der Waals surface area contributed by atoms with E-state index in [0.717, 1.165) is 7.11 Å². The molecule has 0 aliphatic carbocycles. The minimum Gasteiger partial charge on any atom is -0.464 e. The number of esters is 1. The van der Waals surface area contributed by atoms with Gasteiger partial charge in [0.05, 0.1) is 34.1 Å². The van der Waals surface area contributed by atoms with Crippen molar-refractivity contribution in [1.82, 2.24) is 9.97 Å². The fourth-order valence-corrected chi connectivity index (χ4v) is 2.42. The highest BCUT2D eigenvalue weighted by molar-refractivity contribution is 6.36. The Kier molecular flexibility index (Phi) is 5.12. The molecule has 2 aromatic heterocycles. The average molecular weight is 401 g/mol. The molecule has 0 radical (unpaired) electrons. The molecular formula is C13H7Cl3F3N3O2. The van der Waals surface area contributed by atoms with Gasteiger partial charge in [0.2, 0.25) is 0 Å². The van der Waals surface area contributed by atoms with Crippen molar-refractivity contribution in [2.75, 3.05) is 12.8 Å². The van der Waals surface area contributed by atoms with Crippen LogP contribution in [-0.2, 0) is 10.9 Å². The number of nitrogens with two attached hydrogens (primary N) is 1. The third-order valence-corrected chi connectivity index (χ3v) is 3.82. The molecule has 0 aromatic carbocycles. The minimum atomic E-state index is -4.73. The van der Waals surface area contributed by atoms with E-state index >= 15 is 0 Å². The molecule has 0 aliphatic rings. The first-order valence-corrected chi connectivity index (χ1v) is 7.17. The summed E-state index contributed by atoms with van der Waals surface area (Å²) in [6, 6.07) is 1.81. The van der Waals surface area contributed by atoms with Gasteiger partial charge < -0.3 is 10.5 Å². The van der Waals surface area contributed by atoms with Crippen molar-refractivity contribution >= 4 is 46.5 Å². The number of hydrogen-bond acceptors (Lipinski definition) is 5. The molecule has 2 heterocycles. The maximum absolute atomic E-state index is 12.8. The highest BCUT2D eigenvalue weighted by Gasteiger charge is 2.35. The average Bonchev–Trinajstić information content (AvgIpc) is 2.50. The Morgan fingerprint density at radius 3 is 2.38 bits per heavy atom. The maximum Gasteiger partial charge on any atom is 0.419 e. The van der Waals surface area contributed by atoms with Crippen molar-refractivity contribution in [3.05, 3.63) is 38.6 Å². The van der Waals surface area contributed by atoms with E-state index in [4.69, 9.17) is 40.5 Å². The number of pyridine rings is 2. The lowest BCUT2D eigenvalue weighted by Gasteiger charge is -2.12. The molecule has 0 saturated heterocycles. The van der Waals surface area contributed by atoms with E-state index in [-0.39, 0.29) is 32.8 Å².